The Morgan fingerprint density at radius 2 is 1.80 bits per heavy atom. The highest BCUT2D eigenvalue weighted by Crippen LogP contribution is 2.17. The summed E-state index contributed by atoms with van der Waals surface area (Å²) < 4.78 is 28.0. The van der Waals surface area contributed by atoms with Crippen LogP contribution in [0.3, 0.4) is 0 Å². The highest BCUT2D eigenvalue weighted by Gasteiger charge is 2.28. The van der Waals surface area contributed by atoms with Gasteiger partial charge in [-0.25, -0.2) is 8.42 Å². The maximum atomic E-state index is 12.2. The number of likely N-dealkylation sites (N-methyl/N-ethyl adjacent to an activating group) is 1. The number of methoxy groups -OCH3 is 1. The largest absolute Gasteiger partial charge is 0.497 e. The van der Waals surface area contributed by atoms with Crippen molar-refractivity contribution in [2.45, 2.75) is 25.3 Å². The van der Waals surface area contributed by atoms with Gasteiger partial charge in [0, 0.05) is 13.1 Å². The third-order valence-electron chi connectivity index (χ3n) is 4.43. The predicted octanol–water partition coefficient (Wildman–Crippen LogP) is 0.390. The van der Waals surface area contributed by atoms with Crippen molar-refractivity contribution in [3.05, 3.63) is 29.8 Å². The van der Waals surface area contributed by atoms with E-state index >= 15 is 0 Å². The number of sulfone groups is 1. The molecular weight excluding hydrogens is 344 g/mol. The van der Waals surface area contributed by atoms with Crippen LogP contribution in [0.1, 0.15) is 18.4 Å². The average molecular weight is 368 g/mol. The van der Waals surface area contributed by atoms with Crippen molar-refractivity contribution in [2.24, 2.45) is 0 Å². The van der Waals surface area contributed by atoms with E-state index in [4.69, 9.17) is 4.74 Å². The van der Waals surface area contributed by atoms with E-state index < -0.39 is 9.84 Å². The molecule has 2 amide bonds. The van der Waals surface area contributed by atoms with Crippen molar-refractivity contribution in [1.29, 1.82) is 0 Å². The van der Waals surface area contributed by atoms with Gasteiger partial charge in [0.25, 0.3) is 0 Å². The van der Waals surface area contributed by atoms with Crippen LogP contribution in [-0.2, 0) is 25.8 Å². The number of ether oxygens (including phenoxy) is 1. The Hall–Kier alpha value is -2.09. The first kappa shape index (κ1) is 19.2. The van der Waals surface area contributed by atoms with E-state index in [2.05, 4.69) is 5.32 Å². The zero-order valence-electron chi connectivity index (χ0n) is 14.5. The molecule has 0 radical (unpaired) electrons. The summed E-state index contributed by atoms with van der Waals surface area (Å²) in [6.45, 7) is -0.0886. The third kappa shape index (κ3) is 5.74. The molecule has 8 heteroatoms. The van der Waals surface area contributed by atoms with Crippen LogP contribution in [0.4, 0.5) is 0 Å². The molecule has 1 heterocycles. The van der Waals surface area contributed by atoms with Crippen molar-refractivity contribution < 1.29 is 22.7 Å². The SMILES string of the molecule is COc1ccc(CC(=O)NCC(=O)N(C)C2CCS(=O)(=O)CC2)cc1. The quantitative estimate of drug-likeness (QED) is 0.784. The lowest BCUT2D eigenvalue weighted by molar-refractivity contribution is -0.133. The van der Waals surface area contributed by atoms with Gasteiger partial charge in [-0.15, -0.1) is 0 Å². The Kier molecular flexibility index (Phi) is 6.41. The average Bonchev–Trinajstić information content (AvgIpc) is 2.59. The van der Waals surface area contributed by atoms with Gasteiger partial charge in [-0.2, -0.15) is 0 Å². The van der Waals surface area contributed by atoms with Crippen LogP contribution < -0.4 is 10.1 Å². The van der Waals surface area contributed by atoms with Crippen LogP contribution in [0.15, 0.2) is 24.3 Å². The number of carbonyl (C=O) groups excluding carboxylic acids is 2. The highest BCUT2D eigenvalue weighted by molar-refractivity contribution is 7.91. The molecule has 138 valence electrons. The van der Waals surface area contributed by atoms with Crippen molar-refractivity contribution in [3.63, 3.8) is 0 Å². The summed E-state index contributed by atoms with van der Waals surface area (Å²) in [5.74, 6) is 0.485. The van der Waals surface area contributed by atoms with Gasteiger partial charge in [0.1, 0.15) is 15.6 Å². The van der Waals surface area contributed by atoms with Crippen molar-refractivity contribution in [1.82, 2.24) is 10.2 Å². The molecule has 0 saturated carbocycles. The van der Waals surface area contributed by atoms with Gasteiger partial charge >= 0.3 is 0 Å². The molecule has 0 spiro atoms. The fraction of sp³-hybridized carbons (Fsp3) is 0.529. The molecule has 1 aliphatic rings. The Balaban J connectivity index is 1.77. The second kappa shape index (κ2) is 8.33. The molecule has 25 heavy (non-hydrogen) atoms. The molecule has 0 aliphatic carbocycles. The number of carbonyl (C=O) groups is 2. The van der Waals surface area contributed by atoms with E-state index in [9.17, 15) is 18.0 Å². The van der Waals surface area contributed by atoms with E-state index in [1.807, 2.05) is 0 Å². The van der Waals surface area contributed by atoms with Crippen LogP contribution in [-0.4, -0.2) is 63.4 Å². The number of hydrogen-bond acceptors (Lipinski definition) is 5. The molecule has 2 rings (SSSR count). The van der Waals surface area contributed by atoms with E-state index in [1.54, 1.807) is 43.3 Å². The first-order chi connectivity index (χ1) is 11.8. The Labute approximate surface area is 148 Å². The minimum absolute atomic E-state index is 0.0884. The van der Waals surface area contributed by atoms with Crippen LogP contribution in [0.2, 0.25) is 0 Å². The molecule has 0 bridgehead atoms. The van der Waals surface area contributed by atoms with Gasteiger partial charge in [-0.1, -0.05) is 12.1 Å². The van der Waals surface area contributed by atoms with Crippen LogP contribution in [0.25, 0.3) is 0 Å². The van der Waals surface area contributed by atoms with Gasteiger partial charge in [0.05, 0.1) is 31.6 Å². The standard InChI is InChI=1S/C17H24N2O5S/c1-19(14-7-9-25(22,23)10-8-14)17(21)12-18-16(20)11-13-3-5-15(24-2)6-4-13/h3-6,14H,7-12H2,1-2H3,(H,18,20). The third-order valence-corrected chi connectivity index (χ3v) is 6.14. The van der Waals surface area contributed by atoms with Gasteiger partial charge in [0.15, 0.2) is 0 Å². The summed E-state index contributed by atoms with van der Waals surface area (Å²) in [6, 6.07) is 7.07. The Morgan fingerprint density at radius 3 is 2.36 bits per heavy atom. The number of amides is 2. The summed E-state index contributed by atoms with van der Waals surface area (Å²) in [5.41, 5.74) is 0.830. The molecule has 1 aliphatic heterocycles. The first-order valence-corrected chi connectivity index (χ1v) is 9.98. The van der Waals surface area contributed by atoms with Crippen molar-refractivity contribution in [3.8, 4) is 5.75 Å². The van der Waals surface area contributed by atoms with E-state index in [0.717, 1.165) is 11.3 Å². The Bertz CT molecular complexity index is 701. The molecule has 0 unspecified atom stereocenters. The second-order valence-electron chi connectivity index (χ2n) is 6.19. The van der Waals surface area contributed by atoms with Crippen molar-refractivity contribution >= 4 is 21.7 Å². The number of nitrogens with one attached hydrogen (secondary N) is 1. The summed E-state index contributed by atoms with van der Waals surface area (Å²) >= 11 is 0. The fourth-order valence-electron chi connectivity index (χ4n) is 2.76. The zero-order chi connectivity index (χ0) is 18.4. The van der Waals surface area contributed by atoms with Gasteiger partial charge in [-0.3, -0.25) is 9.59 Å². The van der Waals surface area contributed by atoms with Crippen molar-refractivity contribution in [2.75, 3.05) is 32.2 Å². The number of benzene rings is 1. The maximum Gasteiger partial charge on any atom is 0.241 e. The summed E-state index contributed by atoms with van der Waals surface area (Å²) in [6.07, 6.45) is 1.08. The Morgan fingerprint density at radius 1 is 1.20 bits per heavy atom. The molecule has 0 atom stereocenters. The monoisotopic (exact) mass is 368 g/mol. The minimum Gasteiger partial charge on any atom is -0.497 e. The lowest BCUT2D eigenvalue weighted by Gasteiger charge is -2.31. The topological polar surface area (TPSA) is 92.8 Å². The number of nitrogens with zero attached hydrogens (tertiary/aromatic N) is 1. The van der Waals surface area contributed by atoms with Gasteiger partial charge < -0.3 is 15.0 Å². The van der Waals surface area contributed by atoms with E-state index in [0.29, 0.717) is 12.8 Å². The molecule has 7 nitrogen and oxygen atoms in total. The fourth-order valence-corrected chi connectivity index (χ4v) is 4.23. The predicted molar refractivity (Wildman–Crippen MR) is 94.2 cm³/mol. The van der Waals surface area contributed by atoms with Crippen LogP contribution in [0, 0.1) is 0 Å². The molecule has 1 saturated heterocycles. The van der Waals surface area contributed by atoms with Gasteiger partial charge in [-0.05, 0) is 30.5 Å². The van der Waals surface area contributed by atoms with E-state index in [1.165, 1.54) is 0 Å². The maximum absolute atomic E-state index is 12.2. The highest BCUT2D eigenvalue weighted by atomic mass is 32.2. The molecule has 1 aromatic carbocycles. The summed E-state index contributed by atoms with van der Waals surface area (Å²) in [7, 11) is 0.271. The lowest BCUT2D eigenvalue weighted by atomic mass is 10.1. The molecule has 1 aromatic rings. The van der Waals surface area contributed by atoms with Crippen LogP contribution in [0.5, 0.6) is 5.75 Å². The van der Waals surface area contributed by atoms with Gasteiger partial charge in [0.2, 0.25) is 11.8 Å². The molecule has 1 N–H and O–H groups in total. The normalized spacial score (nSPS) is 16.9. The van der Waals surface area contributed by atoms with Crippen LogP contribution >= 0.6 is 0 Å². The smallest absolute Gasteiger partial charge is 0.241 e. The molecule has 0 aromatic heterocycles. The first-order valence-electron chi connectivity index (χ1n) is 8.16. The zero-order valence-corrected chi connectivity index (χ0v) is 15.3. The minimum atomic E-state index is -2.96. The van der Waals surface area contributed by atoms with E-state index in [-0.39, 0.29) is 42.3 Å². The lowest BCUT2D eigenvalue weighted by Crippen LogP contribution is -2.46. The number of rotatable bonds is 6. The molecule has 1 fully saturated rings. The number of hydrogen-bond donors (Lipinski definition) is 1. The molecular formula is C17H24N2O5S. The summed E-state index contributed by atoms with van der Waals surface area (Å²) in [4.78, 5) is 25.7. The second-order valence-corrected chi connectivity index (χ2v) is 8.49. The summed E-state index contributed by atoms with van der Waals surface area (Å²) in [5, 5.41) is 2.62.